The first kappa shape index (κ1) is 12.3. The Morgan fingerprint density at radius 2 is 2.21 bits per heavy atom. The summed E-state index contributed by atoms with van der Waals surface area (Å²) in [7, 11) is 0. The van der Waals surface area contributed by atoms with E-state index in [0.29, 0.717) is 20.7 Å². The minimum absolute atomic E-state index is 0.265. The average molecular weight is 314 g/mol. The van der Waals surface area contributed by atoms with Crippen LogP contribution in [0.25, 0.3) is 4.96 Å². The predicted molar refractivity (Wildman–Crippen MR) is 73.1 cm³/mol. The van der Waals surface area contributed by atoms with Gasteiger partial charge in [0.15, 0.2) is 0 Å². The van der Waals surface area contributed by atoms with Crippen molar-refractivity contribution < 1.29 is 4.79 Å². The molecule has 19 heavy (non-hydrogen) atoms. The lowest BCUT2D eigenvalue weighted by Crippen LogP contribution is -2.12. The summed E-state index contributed by atoms with van der Waals surface area (Å²) in [6.07, 6.45) is 1.43. The first-order chi connectivity index (χ1) is 9.15. The Morgan fingerprint density at radius 1 is 1.37 bits per heavy atom. The summed E-state index contributed by atoms with van der Waals surface area (Å²) in [6.45, 7) is 0. The minimum Gasteiger partial charge on any atom is -0.318 e. The number of amides is 1. The largest absolute Gasteiger partial charge is 0.318 e. The molecule has 1 aromatic carbocycles. The second kappa shape index (κ2) is 4.76. The van der Waals surface area contributed by atoms with Crippen LogP contribution in [0.15, 0.2) is 24.5 Å². The van der Waals surface area contributed by atoms with Gasteiger partial charge in [-0.15, -0.1) is 15.3 Å². The summed E-state index contributed by atoms with van der Waals surface area (Å²) >= 11 is 13.0. The van der Waals surface area contributed by atoms with Crippen LogP contribution in [0.5, 0.6) is 0 Å². The molecule has 0 aliphatic carbocycles. The molecule has 0 spiro atoms. The van der Waals surface area contributed by atoms with Crippen LogP contribution in [-0.4, -0.2) is 25.7 Å². The smallest absolute Gasteiger partial charge is 0.286 e. The van der Waals surface area contributed by atoms with Crippen molar-refractivity contribution in [3.8, 4) is 0 Å². The van der Waals surface area contributed by atoms with Crippen LogP contribution in [0, 0.1) is 0 Å². The maximum Gasteiger partial charge on any atom is 0.286 e. The predicted octanol–water partition coefficient (Wildman–Crippen LogP) is 2.74. The molecule has 0 atom stereocenters. The molecular formula is C10H5Cl2N5OS. The van der Waals surface area contributed by atoms with E-state index in [1.807, 2.05) is 0 Å². The Hall–Kier alpha value is -1.70. The van der Waals surface area contributed by atoms with Crippen molar-refractivity contribution in [1.29, 1.82) is 0 Å². The fraction of sp³-hybridized carbons (Fsp3) is 0. The van der Waals surface area contributed by atoms with Gasteiger partial charge in [-0.05, 0) is 12.1 Å². The van der Waals surface area contributed by atoms with E-state index in [-0.39, 0.29) is 10.9 Å². The van der Waals surface area contributed by atoms with E-state index in [1.54, 1.807) is 18.2 Å². The zero-order valence-corrected chi connectivity index (χ0v) is 11.5. The highest BCUT2D eigenvalue weighted by molar-refractivity contribution is 7.18. The lowest BCUT2D eigenvalue weighted by atomic mass is 10.3. The molecule has 1 N–H and O–H groups in total. The lowest BCUT2D eigenvalue weighted by molar-refractivity contribution is 0.102. The Kier molecular flexibility index (Phi) is 3.09. The summed E-state index contributed by atoms with van der Waals surface area (Å²) in [4.78, 5) is 12.6. The summed E-state index contributed by atoms with van der Waals surface area (Å²) in [5, 5.41) is 15.1. The van der Waals surface area contributed by atoms with E-state index in [2.05, 4.69) is 20.6 Å². The molecule has 0 fully saturated rings. The van der Waals surface area contributed by atoms with Gasteiger partial charge in [-0.3, -0.25) is 4.79 Å². The molecule has 2 aromatic heterocycles. The van der Waals surface area contributed by atoms with Crippen molar-refractivity contribution >= 4 is 51.1 Å². The molecule has 3 aromatic rings. The number of anilines is 1. The van der Waals surface area contributed by atoms with Crippen LogP contribution < -0.4 is 5.32 Å². The number of rotatable bonds is 2. The molecule has 3 rings (SSSR count). The highest BCUT2D eigenvalue weighted by atomic mass is 35.5. The van der Waals surface area contributed by atoms with Gasteiger partial charge < -0.3 is 5.32 Å². The van der Waals surface area contributed by atoms with E-state index in [1.165, 1.54) is 10.8 Å². The Bertz CT molecular complexity index is 740. The molecule has 0 saturated carbocycles. The van der Waals surface area contributed by atoms with E-state index < -0.39 is 0 Å². The van der Waals surface area contributed by atoms with Gasteiger partial charge in [-0.25, -0.2) is 0 Å². The van der Waals surface area contributed by atoms with Crippen LogP contribution in [0.2, 0.25) is 10.0 Å². The van der Waals surface area contributed by atoms with Crippen molar-refractivity contribution in [2.24, 2.45) is 0 Å². The highest BCUT2D eigenvalue weighted by Crippen LogP contribution is 2.30. The van der Waals surface area contributed by atoms with Gasteiger partial charge in [0, 0.05) is 0 Å². The van der Waals surface area contributed by atoms with Gasteiger partial charge in [-0.1, -0.05) is 40.6 Å². The van der Waals surface area contributed by atoms with Gasteiger partial charge in [0.2, 0.25) is 9.97 Å². The minimum atomic E-state index is -0.375. The lowest BCUT2D eigenvalue weighted by Gasteiger charge is -2.05. The van der Waals surface area contributed by atoms with E-state index in [0.717, 1.165) is 11.3 Å². The van der Waals surface area contributed by atoms with Crippen molar-refractivity contribution in [3.05, 3.63) is 39.6 Å². The van der Waals surface area contributed by atoms with Crippen LogP contribution in [0.3, 0.4) is 0 Å². The van der Waals surface area contributed by atoms with Gasteiger partial charge in [-0.2, -0.15) is 4.52 Å². The fourth-order valence-corrected chi connectivity index (χ4v) is 2.49. The molecule has 0 radical (unpaired) electrons. The molecule has 1 amide bonds. The Labute approximate surface area is 121 Å². The summed E-state index contributed by atoms with van der Waals surface area (Å²) < 4.78 is 1.43. The Balaban J connectivity index is 1.89. The van der Waals surface area contributed by atoms with Crippen molar-refractivity contribution in [3.63, 3.8) is 0 Å². The molecule has 9 heteroatoms. The molecule has 6 nitrogen and oxygen atoms in total. The summed E-state index contributed by atoms with van der Waals surface area (Å²) in [6, 6.07) is 5.00. The number of nitrogens with one attached hydrogen (secondary N) is 1. The second-order valence-electron chi connectivity index (χ2n) is 3.52. The third-order valence-electron chi connectivity index (χ3n) is 2.28. The highest BCUT2D eigenvalue weighted by Gasteiger charge is 2.15. The summed E-state index contributed by atoms with van der Waals surface area (Å²) in [5.41, 5.74) is 0.435. The molecule has 2 heterocycles. The van der Waals surface area contributed by atoms with Gasteiger partial charge in [0.05, 0.1) is 15.7 Å². The van der Waals surface area contributed by atoms with Gasteiger partial charge in [0.25, 0.3) is 5.91 Å². The molecule has 0 bridgehead atoms. The van der Waals surface area contributed by atoms with Crippen LogP contribution >= 0.6 is 34.5 Å². The maximum absolute atomic E-state index is 12.0. The number of hydrogen-bond acceptors (Lipinski definition) is 5. The number of carbonyl (C=O) groups is 1. The molecule has 0 saturated heterocycles. The van der Waals surface area contributed by atoms with E-state index in [4.69, 9.17) is 23.2 Å². The quantitative estimate of drug-likeness (QED) is 0.789. The van der Waals surface area contributed by atoms with Crippen LogP contribution in [0.4, 0.5) is 5.69 Å². The van der Waals surface area contributed by atoms with Gasteiger partial charge >= 0.3 is 0 Å². The number of benzene rings is 1. The zero-order valence-electron chi connectivity index (χ0n) is 9.17. The number of fused-ring (bicyclic) bond motifs is 1. The molecule has 96 valence electrons. The Morgan fingerprint density at radius 3 is 3.00 bits per heavy atom. The first-order valence-corrected chi connectivity index (χ1v) is 6.64. The SMILES string of the molecule is O=C(Nc1cccc(Cl)c1Cl)c1nn2cnnc2s1. The number of aromatic nitrogens is 4. The van der Waals surface area contributed by atoms with E-state index >= 15 is 0 Å². The van der Waals surface area contributed by atoms with Crippen LogP contribution in [0.1, 0.15) is 9.80 Å². The summed E-state index contributed by atoms with van der Waals surface area (Å²) in [5.74, 6) is -0.375. The molecule has 0 aliphatic heterocycles. The number of nitrogens with zero attached hydrogens (tertiary/aromatic N) is 4. The third kappa shape index (κ3) is 2.27. The zero-order chi connectivity index (χ0) is 13.4. The maximum atomic E-state index is 12.0. The molecule has 0 aliphatic rings. The number of halogens is 2. The fourth-order valence-electron chi connectivity index (χ4n) is 1.43. The van der Waals surface area contributed by atoms with Crippen molar-refractivity contribution in [1.82, 2.24) is 19.8 Å². The van der Waals surface area contributed by atoms with E-state index in [9.17, 15) is 4.79 Å². The topological polar surface area (TPSA) is 72.2 Å². The van der Waals surface area contributed by atoms with Crippen molar-refractivity contribution in [2.45, 2.75) is 0 Å². The molecular weight excluding hydrogens is 309 g/mol. The normalized spacial score (nSPS) is 10.8. The van der Waals surface area contributed by atoms with Crippen molar-refractivity contribution in [2.75, 3.05) is 5.32 Å². The van der Waals surface area contributed by atoms with Gasteiger partial charge in [0.1, 0.15) is 6.33 Å². The standard InChI is InChI=1S/C10H5Cl2N5OS/c11-5-2-1-3-6(7(5)12)14-8(18)9-16-17-4-13-15-10(17)19-9/h1-4H,(H,14,18). The first-order valence-electron chi connectivity index (χ1n) is 5.07. The monoisotopic (exact) mass is 313 g/mol. The number of hydrogen-bond donors (Lipinski definition) is 1. The second-order valence-corrected chi connectivity index (χ2v) is 5.26. The average Bonchev–Trinajstić information content (AvgIpc) is 2.95. The van der Waals surface area contributed by atoms with Crippen LogP contribution in [-0.2, 0) is 0 Å². The molecule has 0 unspecified atom stereocenters. The number of carbonyl (C=O) groups excluding carboxylic acids is 1. The third-order valence-corrected chi connectivity index (χ3v) is 4.01.